The molecular formula is C45H34O10. The number of carbonyl (C=O) groups is 4. The molecule has 0 fully saturated rings. The van der Waals surface area contributed by atoms with Crippen LogP contribution in [0.15, 0.2) is 146 Å². The maximum atomic E-state index is 11.7. The van der Waals surface area contributed by atoms with E-state index in [-0.39, 0.29) is 26.4 Å². The minimum absolute atomic E-state index is 0.0338. The number of hydrogen-bond acceptors (Lipinski definition) is 8. The molecule has 2 N–H and O–H groups in total. The Morgan fingerprint density at radius 3 is 1.31 bits per heavy atom. The third kappa shape index (κ3) is 7.65. The van der Waals surface area contributed by atoms with Crippen LogP contribution in [0.1, 0.15) is 22.3 Å². The number of fused-ring (bicyclic) bond motifs is 5. The highest BCUT2D eigenvalue weighted by Gasteiger charge is 2.46. The summed E-state index contributed by atoms with van der Waals surface area (Å²) < 4.78 is 21.7. The lowest BCUT2D eigenvalue weighted by atomic mass is 9.67. The molecule has 1 aliphatic rings. The van der Waals surface area contributed by atoms with Gasteiger partial charge in [0.2, 0.25) is 0 Å². The fourth-order valence-corrected chi connectivity index (χ4v) is 7.10. The Labute approximate surface area is 315 Å². The van der Waals surface area contributed by atoms with E-state index in [1.807, 2.05) is 36.4 Å². The number of carboxylic acids is 2. The van der Waals surface area contributed by atoms with Crippen LogP contribution in [0.3, 0.4) is 0 Å². The van der Waals surface area contributed by atoms with E-state index in [1.54, 1.807) is 0 Å². The first-order chi connectivity index (χ1) is 26.7. The summed E-state index contributed by atoms with van der Waals surface area (Å²) in [6.07, 6.45) is 3.16. The molecule has 0 radical (unpaired) electrons. The van der Waals surface area contributed by atoms with Gasteiger partial charge in [-0.15, -0.1) is 0 Å². The molecule has 6 aromatic rings. The second-order valence-corrected chi connectivity index (χ2v) is 12.7. The van der Waals surface area contributed by atoms with E-state index in [1.165, 1.54) is 22.3 Å². The zero-order valence-electron chi connectivity index (χ0n) is 29.3. The summed E-state index contributed by atoms with van der Waals surface area (Å²) in [6.45, 7) is 0.139. The average molecular weight is 735 g/mol. The minimum Gasteiger partial charge on any atom is -0.490 e. The maximum Gasteiger partial charge on any atom is 0.331 e. The van der Waals surface area contributed by atoms with Crippen molar-refractivity contribution in [1.82, 2.24) is 0 Å². The highest BCUT2D eigenvalue weighted by Crippen LogP contribution is 2.56. The molecule has 7 rings (SSSR count). The number of benzene rings is 6. The molecule has 0 bridgehead atoms. The number of carbonyl (C=O) groups excluding carboxylic acids is 2. The molecule has 6 aromatic carbocycles. The van der Waals surface area contributed by atoms with Crippen molar-refractivity contribution in [3.05, 3.63) is 168 Å². The lowest BCUT2D eigenvalue weighted by Gasteiger charge is -2.34. The van der Waals surface area contributed by atoms with Gasteiger partial charge < -0.3 is 29.2 Å². The van der Waals surface area contributed by atoms with Gasteiger partial charge in [-0.1, -0.05) is 84.9 Å². The van der Waals surface area contributed by atoms with Gasteiger partial charge in [-0.2, -0.15) is 0 Å². The van der Waals surface area contributed by atoms with Gasteiger partial charge >= 0.3 is 23.9 Å². The van der Waals surface area contributed by atoms with Gasteiger partial charge in [0.1, 0.15) is 37.9 Å². The molecule has 274 valence electrons. The maximum absolute atomic E-state index is 11.7. The summed E-state index contributed by atoms with van der Waals surface area (Å²) in [6, 6.07) is 41.6. The highest BCUT2D eigenvalue weighted by molar-refractivity contribution is 5.93. The van der Waals surface area contributed by atoms with E-state index in [4.69, 9.17) is 29.2 Å². The first kappa shape index (κ1) is 36.2. The van der Waals surface area contributed by atoms with Gasteiger partial charge in [-0.3, -0.25) is 0 Å². The fourth-order valence-electron chi connectivity index (χ4n) is 7.10. The van der Waals surface area contributed by atoms with Crippen molar-refractivity contribution < 1.29 is 48.3 Å². The van der Waals surface area contributed by atoms with Crippen LogP contribution in [0.2, 0.25) is 0 Å². The molecule has 0 saturated heterocycles. The first-order valence-corrected chi connectivity index (χ1v) is 17.4. The van der Waals surface area contributed by atoms with E-state index in [9.17, 15) is 19.2 Å². The zero-order valence-corrected chi connectivity index (χ0v) is 29.3. The van der Waals surface area contributed by atoms with Gasteiger partial charge in [-0.25, -0.2) is 19.2 Å². The smallest absolute Gasteiger partial charge is 0.331 e. The number of ether oxygens (including phenoxy) is 4. The number of carboxylic acid groups (broad SMARTS) is 2. The van der Waals surface area contributed by atoms with Crippen LogP contribution in [0.4, 0.5) is 0 Å². The molecular weight excluding hydrogens is 700 g/mol. The van der Waals surface area contributed by atoms with E-state index < -0.39 is 29.3 Å². The summed E-state index contributed by atoms with van der Waals surface area (Å²) >= 11 is 0. The zero-order chi connectivity index (χ0) is 38.4. The van der Waals surface area contributed by atoms with E-state index >= 15 is 0 Å². The van der Waals surface area contributed by atoms with Gasteiger partial charge in [0.05, 0.1) is 5.41 Å². The van der Waals surface area contributed by atoms with Crippen molar-refractivity contribution in [2.75, 3.05) is 26.4 Å². The predicted molar refractivity (Wildman–Crippen MR) is 205 cm³/mol. The SMILES string of the molecule is O=C(O)C=CC(=O)OCCOc1ccc2cc(C3(c4ccc5cc(OCCOC(=O)C=CC(=O)O)ccc5c4)c4ccccc4-c4ccccc43)ccc2c1. The third-order valence-corrected chi connectivity index (χ3v) is 9.36. The van der Waals surface area contributed by atoms with Gasteiger partial charge in [0, 0.05) is 24.3 Å². The monoisotopic (exact) mass is 734 g/mol. The van der Waals surface area contributed by atoms with Crippen LogP contribution in [0.25, 0.3) is 32.7 Å². The standard InChI is InChI=1S/C45H34O10/c46-41(47)17-19-43(50)54-23-21-52-35-15-11-29-25-33(13-9-31(29)27-35)45(39-7-3-1-5-37(39)38-6-2-4-8-40(38)45)34-14-10-32-28-36(16-12-30(32)26-34)53-22-24-55-44(51)20-18-42(48)49/h1-20,25-28H,21-24H2,(H,46,47)(H,48,49). The molecule has 0 amide bonds. The molecule has 10 heteroatoms. The molecule has 1 aliphatic carbocycles. The molecule has 0 saturated carbocycles. The number of rotatable bonds is 14. The summed E-state index contributed by atoms with van der Waals surface area (Å²) in [7, 11) is 0. The lowest BCUT2D eigenvalue weighted by molar-refractivity contribution is -0.139. The van der Waals surface area contributed by atoms with Crippen molar-refractivity contribution in [2.24, 2.45) is 0 Å². The van der Waals surface area contributed by atoms with Crippen LogP contribution >= 0.6 is 0 Å². The van der Waals surface area contributed by atoms with E-state index in [2.05, 4.69) is 84.9 Å². The highest BCUT2D eigenvalue weighted by atomic mass is 16.6. The Hall–Kier alpha value is -7.20. The summed E-state index contributed by atoms with van der Waals surface area (Å²) in [4.78, 5) is 44.5. The van der Waals surface area contributed by atoms with Crippen molar-refractivity contribution in [3.63, 3.8) is 0 Å². The Balaban J connectivity index is 1.18. The van der Waals surface area contributed by atoms with Crippen LogP contribution in [0.5, 0.6) is 11.5 Å². The number of aliphatic carboxylic acids is 2. The van der Waals surface area contributed by atoms with Crippen LogP contribution < -0.4 is 9.47 Å². The molecule has 10 nitrogen and oxygen atoms in total. The molecule has 0 heterocycles. The molecule has 0 atom stereocenters. The molecule has 0 spiro atoms. The average Bonchev–Trinajstić information content (AvgIpc) is 3.50. The lowest BCUT2D eigenvalue weighted by Crippen LogP contribution is -2.28. The van der Waals surface area contributed by atoms with Crippen molar-refractivity contribution in [1.29, 1.82) is 0 Å². The van der Waals surface area contributed by atoms with Crippen molar-refractivity contribution in [3.8, 4) is 22.6 Å². The Morgan fingerprint density at radius 2 is 0.873 bits per heavy atom. The van der Waals surface area contributed by atoms with E-state index in [0.29, 0.717) is 11.5 Å². The Kier molecular flexibility index (Phi) is 10.4. The topological polar surface area (TPSA) is 146 Å². The van der Waals surface area contributed by atoms with Gasteiger partial charge in [-0.05, 0) is 91.3 Å². The normalized spacial score (nSPS) is 12.7. The third-order valence-electron chi connectivity index (χ3n) is 9.36. The van der Waals surface area contributed by atoms with Crippen LogP contribution in [0, 0.1) is 0 Å². The fraction of sp³-hybridized carbons (Fsp3) is 0.111. The minimum atomic E-state index is -1.23. The number of hydrogen-bond donors (Lipinski definition) is 2. The summed E-state index contributed by atoms with van der Waals surface area (Å²) in [5, 5.41) is 21.3. The first-order valence-electron chi connectivity index (χ1n) is 17.4. The van der Waals surface area contributed by atoms with Gasteiger partial charge in [0.25, 0.3) is 0 Å². The summed E-state index contributed by atoms with van der Waals surface area (Å²) in [5.74, 6) is -2.76. The van der Waals surface area contributed by atoms with Crippen LogP contribution in [-0.2, 0) is 34.1 Å². The quantitative estimate of drug-likeness (QED) is 0.0655. The second kappa shape index (κ2) is 15.8. The van der Waals surface area contributed by atoms with Gasteiger partial charge in [0.15, 0.2) is 0 Å². The molecule has 0 aliphatic heterocycles. The molecule has 0 unspecified atom stereocenters. The van der Waals surface area contributed by atoms with Crippen molar-refractivity contribution in [2.45, 2.75) is 5.41 Å². The summed E-state index contributed by atoms with van der Waals surface area (Å²) in [5.41, 5.74) is 6.25. The number of esters is 2. The molecule has 55 heavy (non-hydrogen) atoms. The van der Waals surface area contributed by atoms with Crippen LogP contribution in [-0.4, -0.2) is 60.5 Å². The second-order valence-electron chi connectivity index (χ2n) is 12.7. The molecule has 0 aromatic heterocycles. The largest absolute Gasteiger partial charge is 0.490 e. The van der Waals surface area contributed by atoms with E-state index in [0.717, 1.165) is 57.0 Å². The van der Waals surface area contributed by atoms with Crippen molar-refractivity contribution >= 4 is 45.4 Å². The Bertz CT molecular complexity index is 2340. The predicted octanol–water partition coefficient (Wildman–Crippen LogP) is 7.48. The Morgan fingerprint density at radius 1 is 0.473 bits per heavy atom.